The minimum atomic E-state index is -0.362. The second-order valence-electron chi connectivity index (χ2n) is 5.53. The van der Waals surface area contributed by atoms with E-state index in [0.717, 1.165) is 11.4 Å². The summed E-state index contributed by atoms with van der Waals surface area (Å²) in [4.78, 5) is 13.8. The average Bonchev–Trinajstić information content (AvgIpc) is 2.55. The Labute approximate surface area is 137 Å². The number of hydrogen-bond acceptors (Lipinski definition) is 5. The van der Waals surface area contributed by atoms with Crippen LogP contribution in [0.2, 0.25) is 0 Å². The Morgan fingerprint density at radius 1 is 1.35 bits per heavy atom. The van der Waals surface area contributed by atoms with E-state index in [4.69, 9.17) is 19.9 Å². The van der Waals surface area contributed by atoms with Gasteiger partial charge in [-0.2, -0.15) is 0 Å². The van der Waals surface area contributed by atoms with E-state index < -0.39 is 0 Å². The maximum absolute atomic E-state index is 11.7. The molecule has 0 bridgehead atoms. The highest BCUT2D eigenvalue weighted by atomic mass is 16.7. The number of rotatable bonds is 8. The van der Waals surface area contributed by atoms with Gasteiger partial charge in [0.15, 0.2) is 6.29 Å². The van der Waals surface area contributed by atoms with Crippen LogP contribution in [0.5, 0.6) is 5.75 Å². The van der Waals surface area contributed by atoms with Gasteiger partial charge in [0.05, 0.1) is 24.2 Å². The molecule has 128 valence electrons. The molecule has 1 aliphatic heterocycles. The Hall–Kier alpha value is -1.79. The third kappa shape index (κ3) is 4.14. The number of primary amides is 1. The number of hydrogen-bond donors (Lipinski definition) is 1. The Bertz CT molecular complexity index is 517. The standard InChI is InChI=1S/C17H26N2O4/c1-4-21-16(22-5-2)10-19-13-8-6-7-9-15(13)23-11-14(19)12(3)17(18)20/h6-9,12,14,16H,4-5,10-11H2,1-3H3,(H2,18,20). The van der Waals surface area contributed by atoms with Crippen LogP contribution in [0.3, 0.4) is 0 Å². The van der Waals surface area contributed by atoms with Crippen LogP contribution in [0.1, 0.15) is 20.8 Å². The molecule has 1 aromatic rings. The lowest BCUT2D eigenvalue weighted by Gasteiger charge is -2.41. The molecule has 0 aliphatic carbocycles. The Kier molecular flexibility index (Phi) is 6.24. The van der Waals surface area contributed by atoms with Gasteiger partial charge >= 0.3 is 0 Å². The van der Waals surface area contributed by atoms with Crippen LogP contribution in [0, 0.1) is 5.92 Å². The molecule has 0 saturated heterocycles. The van der Waals surface area contributed by atoms with Crippen molar-refractivity contribution in [3.8, 4) is 5.75 Å². The van der Waals surface area contributed by atoms with Gasteiger partial charge in [0.25, 0.3) is 0 Å². The minimum Gasteiger partial charge on any atom is -0.489 e. The highest BCUT2D eigenvalue weighted by Gasteiger charge is 2.35. The van der Waals surface area contributed by atoms with E-state index in [-0.39, 0.29) is 24.2 Å². The summed E-state index contributed by atoms with van der Waals surface area (Å²) in [6, 6.07) is 7.62. The predicted octanol–water partition coefficient (Wildman–Crippen LogP) is 1.77. The fraction of sp³-hybridized carbons (Fsp3) is 0.588. The highest BCUT2D eigenvalue weighted by molar-refractivity contribution is 5.78. The van der Waals surface area contributed by atoms with Gasteiger partial charge in [-0.25, -0.2) is 0 Å². The third-order valence-corrected chi connectivity index (χ3v) is 4.06. The summed E-state index contributed by atoms with van der Waals surface area (Å²) < 4.78 is 17.1. The van der Waals surface area contributed by atoms with Crippen molar-refractivity contribution in [3.63, 3.8) is 0 Å². The quantitative estimate of drug-likeness (QED) is 0.739. The Morgan fingerprint density at radius 2 is 2.00 bits per heavy atom. The summed E-state index contributed by atoms with van der Waals surface area (Å²) in [7, 11) is 0. The van der Waals surface area contributed by atoms with Gasteiger partial charge in [0.1, 0.15) is 12.4 Å². The smallest absolute Gasteiger partial charge is 0.222 e. The fourth-order valence-electron chi connectivity index (χ4n) is 2.78. The van der Waals surface area contributed by atoms with E-state index in [1.807, 2.05) is 45.0 Å². The highest BCUT2D eigenvalue weighted by Crippen LogP contribution is 2.35. The van der Waals surface area contributed by atoms with Crippen molar-refractivity contribution in [2.75, 3.05) is 31.3 Å². The van der Waals surface area contributed by atoms with Crippen LogP contribution in [-0.2, 0) is 14.3 Å². The lowest BCUT2D eigenvalue weighted by molar-refractivity contribution is -0.132. The van der Waals surface area contributed by atoms with Gasteiger partial charge in [-0.15, -0.1) is 0 Å². The lowest BCUT2D eigenvalue weighted by Crippen LogP contribution is -2.53. The van der Waals surface area contributed by atoms with Crippen LogP contribution in [-0.4, -0.2) is 44.6 Å². The van der Waals surface area contributed by atoms with E-state index in [1.165, 1.54) is 0 Å². The maximum Gasteiger partial charge on any atom is 0.222 e. The molecule has 0 aromatic heterocycles. The number of anilines is 1. The summed E-state index contributed by atoms with van der Waals surface area (Å²) in [6.07, 6.45) is -0.362. The molecule has 2 unspecified atom stereocenters. The average molecular weight is 322 g/mol. The number of fused-ring (bicyclic) bond motifs is 1. The van der Waals surface area contributed by atoms with E-state index >= 15 is 0 Å². The number of ether oxygens (including phenoxy) is 3. The first-order valence-electron chi connectivity index (χ1n) is 8.09. The summed E-state index contributed by atoms with van der Waals surface area (Å²) in [5, 5.41) is 0. The molecule has 23 heavy (non-hydrogen) atoms. The third-order valence-electron chi connectivity index (χ3n) is 4.06. The van der Waals surface area contributed by atoms with Crippen molar-refractivity contribution in [1.82, 2.24) is 0 Å². The van der Waals surface area contributed by atoms with Gasteiger partial charge in [-0.3, -0.25) is 4.79 Å². The summed E-state index contributed by atoms with van der Waals surface area (Å²) in [5.41, 5.74) is 6.45. The van der Waals surface area contributed by atoms with E-state index in [1.54, 1.807) is 0 Å². The molecule has 1 aromatic carbocycles. The molecule has 1 aliphatic rings. The van der Waals surface area contributed by atoms with Crippen molar-refractivity contribution in [2.45, 2.75) is 33.1 Å². The molecule has 0 fully saturated rings. The van der Waals surface area contributed by atoms with Gasteiger partial charge in [-0.1, -0.05) is 19.1 Å². The molecule has 1 amide bonds. The normalized spacial score (nSPS) is 18.4. The first-order chi connectivity index (χ1) is 11.1. The number of carbonyl (C=O) groups excluding carboxylic acids is 1. The molecule has 2 atom stereocenters. The zero-order chi connectivity index (χ0) is 16.8. The van der Waals surface area contributed by atoms with Crippen LogP contribution in [0.4, 0.5) is 5.69 Å². The molecular weight excluding hydrogens is 296 g/mol. The molecule has 0 saturated carbocycles. The van der Waals surface area contributed by atoms with E-state index in [9.17, 15) is 4.79 Å². The van der Waals surface area contributed by atoms with Gasteiger partial charge in [0, 0.05) is 13.2 Å². The summed E-state index contributed by atoms with van der Waals surface area (Å²) in [5.74, 6) is 0.117. The maximum atomic E-state index is 11.7. The van der Waals surface area contributed by atoms with Gasteiger partial charge in [-0.05, 0) is 26.0 Å². The van der Waals surface area contributed by atoms with E-state index in [2.05, 4.69) is 4.90 Å². The SMILES string of the molecule is CCOC(CN1c2ccccc2OCC1C(C)C(N)=O)OCC. The summed E-state index contributed by atoms with van der Waals surface area (Å²) >= 11 is 0. The molecule has 6 heteroatoms. The van der Waals surface area contributed by atoms with Crippen LogP contribution < -0.4 is 15.4 Å². The number of carbonyl (C=O) groups is 1. The lowest BCUT2D eigenvalue weighted by atomic mass is 9.98. The minimum absolute atomic E-state index is 0.147. The Morgan fingerprint density at radius 3 is 2.61 bits per heavy atom. The predicted molar refractivity (Wildman–Crippen MR) is 88.5 cm³/mol. The van der Waals surface area contributed by atoms with Crippen LogP contribution in [0.15, 0.2) is 24.3 Å². The number of benzene rings is 1. The van der Waals surface area contributed by atoms with Gasteiger partial charge < -0.3 is 24.8 Å². The second kappa shape index (κ2) is 8.17. The second-order valence-corrected chi connectivity index (χ2v) is 5.53. The van der Waals surface area contributed by atoms with Crippen molar-refractivity contribution in [1.29, 1.82) is 0 Å². The van der Waals surface area contributed by atoms with Crippen molar-refractivity contribution < 1.29 is 19.0 Å². The van der Waals surface area contributed by atoms with Crippen molar-refractivity contribution in [2.24, 2.45) is 11.7 Å². The number of amides is 1. The molecule has 0 radical (unpaired) electrons. The molecule has 0 spiro atoms. The van der Waals surface area contributed by atoms with Crippen molar-refractivity contribution in [3.05, 3.63) is 24.3 Å². The molecule has 6 nitrogen and oxygen atoms in total. The molecular formula is C17H26N2O4. The number of nitrogens with two attached hydrogens (primary N) is 1. The Balaban J connectivity index is 2.28. The number of nitrogens with zero attached hydrogens (tertiary/aromatic N) is 1. The van der Waals surface area contributed by atoms with Crippen molar-refractivity contribution >= 4 is 11.6 Å². The number of para-hydroxylation sites is 2. The first-order valence-corrected chi connectivity index (χ1v) is 8.09. The van der Waals surface area contributed by atoms with Gasteiger partial charge in [0.2, 0.25) is 5.91 Å². The zero-order valence-corrected chi connectivity index (χ0v) is 14.0. The van der Waals surface area contributed by atoms with Crippen LogP contribution >= 0.6 is 0 Å². The molecule has 2 rings (SSSR count). The monoisotopic (exact) mass is 322 g/mol. The van der Waals surface area contributed by atoms with Crippen LogP contribution in [0.25, 0.3) is 0 Å². The van der Waals surface area contributed by atoms with E-state index in [0.29, 0.717) is 26.4 Å². The largest absolute Gasteiger partial charge is 0.489 e. The fourth-order valence-corrected chi connectivity index (χ4v) is 2.78. The topological polar surface area (TPSA) is 74.0 Å². The first kappa shape index (κ1) is 17.6. The molecule has 1 heterocycles. The summed E-state index contributed by atoms with van der Waals surface area (Å²) in [6.45, 7) is 7.75. The molecule has 2 N–H and O–H groups in total. The zero-order valence-electron chi connectivity index (χ0n) is 14.0.